The topological polar surface area (TPSA) is 78.9 Å². The van der Waals surface area contributed by atoms with E-state index in [1.54, 1.807) is 0 Å². The standard InChI is InChI=1S/C76H130O6/c1-4-7-10-13-16-19-22-25-28-31-34-35-36-37-38-39-40-41-43-45-48-51-54-57-60-63-66-69-75(78)81-72-73(71-80-74(77)68-65-62-59-56-53-50-47-44-33-30-27-24-21-18-15-12-9-6-3)82-76(79)70-67-64-61-58-55-52-49-46-42-32-29-26-23-20-17-14-11-8-5-2/h7-8,10-11,16-17,19-20,25-26,28-29,34-35,42,46,52,55,73H,4-6,9,12-15,18,21-24,27,30-33,36-41,43-45,47-51,53-54,56-72H2,1-3H3/b10-7-,11-8-,19-16-,20-17-,28-25-,29-26-,35-34-,46-42-,55-52-. The van der Waals surface area contributed by atoms with Crippen molar-refractivity contribution < 1.29 is 28.6 Å². The highest BCUT2D eigenvalue weighted by Crippen LogP contribution is 2.17. The Kier molecular flexibility index (Phi) is 66.2. The van der Waals surface area contributed by atoms with Gasteiger partial charge >= 0.3 is 17.9 Å². The number of allylic oxidation sites excluding steroid dienone is 18. The molecule has 0 rings (SSSR count). The summed E-state index contributed by atoms with van der Waals surface area (Å²) in [4.78, 5) is 38.5. The van der Waals surface area contributed by atoms with Gasteiger partial charge in [-0.25, -0.2) is 0 Å². The second-order valence-electron chi connectivity index (χ2n) is 23.0. The highest BCUT2D eigenvalue weighted by atomic mass is 16.6. The van der Waals surface area contributed by atoms with Crippen LogP contribution in [0.1, 0.15) is 335 Å². The van der Waals surface area contributed by atoms with E-state index in [0.29, 0.717) is 12.8 Å². The number of carbonyl (C=O) groups excluding carboxylic acids is 3. The quantitative estimate of drug-likeness (QED) is 0.0261. The zero-order valence-corrected chi connectivity index (χ0v) is 54.0. The lowest BCUT2D eigenvalue weighted by Crippen LogP contribution is -2.30. The third kappa shape index (κ3) is 66.9. The largest absolute Gasteiger partial charge is 0.462 e. The molecule has 0 amide bonds. The molecule has 0 aromatic heterocycles. The van der Waals surface area contributed by atoms with Gasteiger partial charge in [-0.3, -0.25) is 14.4 Å². The smallest absolute Gasteiger partial charge is 0.306 e. The summed E-state index contributed by atoms with van der Waals surface area (Å²) in [7, 11) is 0. The third-order valence-electron chi connectivity index (χ3n) is 15.0. The number of rotatable bonds is 63. The van der Waals surface area contributed by atoms with Crippen LogP contribution in [0, 0.1) is 0 Å². The van der Waals surface area contributed by atoms with E-state index in [9.17, 15) is 14.4 Å². The van der Waals surface area contributed by atoms with Gasteiger partial charge < -0.3 is 14.2 Å². The summed E-state index contributed by atoms with van der Waals surface area (Å²) in [5, 5.41) is 0. The molecular formula is C76H130O6. The molecule has 0 aliphatic heterocycles. The molecule has 0 aliphatic carbocycles. The normalized spacial score (nSPS) is 12.8. The van der Waals surface area contributed by atoms with Crippen LogP contribution in [0.15, 0.2) is 109 Å². The van der Waals surface area contributed by atoms with Crippen molar-refractivity contribution in [3.05, 3.63) is 109 Å². The predicted molar refractivity (Wildman–Crippen MR) is 357 cm³/mol. The molecule has 470 valence electrons. The van der Waals surface area contributed by atoms with Gasteiger partial charge in [-0.2, -0.15) is 0 Å². The minimum atomic E-state index is -0.797. The number of carbonyl (C=O) groups is 3. The molecule has 0 saturated heterocycles. The van der Waals surface area contributed by atoms with Gasteiger partial charge in [0.2, 0.25) is 0 Å². The summed E-state index contributed by atoms with van der Waals surface area (Å²) in [6, 6.07) is 0. The first kappa shape index (κ1) is 78.1. The highest BCUT2D eigenvalue weighted by molar-refractivity contribution is 5.71. The van der Waals surface area contributed by atoms with Crippen LogP contribution in [0.2, 0.25) is 0 Å². The molecule has 0 radical (unpaired) electrons. The number of hydrogen-bond donors (Lipinski definition) is 0. The summed E-state index contributed by atoms with van der Waals surface area (Å²) in [6.45, 7) is 6.43. The Morgan fingerprint density at radius 2 is 0.476 bits per heavy atom. The molecular weight excluding hydrogens is 1010 g/mol. The second kappa shape index (κ2) is 69.6. The molecule has 0 aromatic carbocycles. The molecule has 0 N–H and O–H groups in total. The fourth-order valence-electron chi connectivity index (χ4n) is 9.88. The van der Waals surface area contributed by atoms with Gasteiger partial charge in [-0.15, -0.1) is 0 Å². The van der Waals surface area contributed by atoms with E-state index in [2.05, 4.69) is 130 Å². The summed E-state index contributed by atoms with van der Waals surface area (Å²) in [6.07, 6.45) is 95.4. The second-order valence-corrected chi connectivity index (χ2v) is 23.0. The predicted octanol–water partition coefficient (Wildman–Crippen LogP) is 24.2. The maximum atomic E-state index is 12.9. The van der Waals surface area contributed by atoms with Crippen molar-refractivity contribution in [3.63, 3.8) is 0 Å². The molecule has 0 aromatic rings. The number of ether oxygens (including phenoxy) is 3. The first-order valence-corrected chi connectivity index (χ1v) is 34.9. The van der Waals surface area contributed by atoms with E-state index >= 15 is 0 Å². The lowest BCUT2D eigenvalue weighted by atomic mass is 10.0. The van der Waals surface area contributed by atoms with E-state index in [1.807, 2.05) is 0 Å². The highest BCUT2D eigenvalue weighted by Gasteiger charge is 2.19. The van der Waals surface area contributed by atoms with Crippen molar-refractivity contribution in [2.75, 3.05) is 13.2 Å². The molecule has 82 heavy (non-hydrogen) atoms. The molecule has 0 fully saturated rings. The van der Waals surface area contributed by atoms with Crippen LogP contribution in [0.3, 0.4) is 0 Å². The third-order valence-corrected chi connectivity index (χ3v) is 15.0. The first-order chi connectivity index (χ1) is 40.5. The van der Waals surface area contributed by atoms with Crippen molar-refractivity contribution in [3.8, 4) is 0 Å². The molecule has 0 spiro atoms. The Hall–Kier alpha value is -3.93. The van der Waals surface area contributed by atoms with Crippen molar-refractivity contribution in [2.45, 2.75) is 341 Å². The molecule has 0 aliphatic rings. The number of esters is 3. The van der Waals surface area contributed by atoms with Crippen molar-refractivity contribution in [1.29, 1.82) is 0 Å². The van der Waals surface area contributed by atoms with Gasteiger partial charge in [0.05, 0.1) is 0 Å². The van der Waals surface area contributed by atoms with Crippen LogP contribution < -0.4 is 0 Å². The van der Waals surface area contributed by atoms with Gasteiger partial charge in [0.1, 0.15) is 13.2 Å². The fourth-order valence-corrected chi connectivity index (χ4v) is 9.88. The molecule has 1 atom stereocenters. The fraction of sp³-hybridized carbons (Fsp3) is 0.724. The molecule has 0 saturated carbocycles. The van der Waals surface area contributed by atoms with Gasteiger partial charge in [0.25, 0.3) is 0 Å². The lowest BCUT2D eigenvalue weighted by Gasteiger charge is -2.18. The minimum Gasteiger partial charge on any atom is -0.462 e. The van der Waals surface area contributed by atoms with Crippen molar-refractivity contribution in [2.24, 2.45) is 0 Å². The van der Waals surface area contributed by atoms with E-state index in [1.165, 1.54) is 173 Å². The number of unbranched alkanes of at least 4 members (excludes halogenated alkanes) is 34. The Morgan fingerprint density at radius 3 is 0.756 bits per heavy atom. The SMILES string of the molecule is CC/C=C\C/C=C\C/C=C\C/C=C\C/C=C\CCCCCC(=O)OC(COC(=O)CCCCCCCCCCCCCCCC/C=C\C/C=C\C/C=C\C/C=C\CC)COC(=O)CCCCCCCCCCCCCCCCCCCC. The van der Waals surface area contributed by atoms with Crippen LogP contribution >= 0.6 is 0 Å². The number of hydrogen-bond acceptors (Lipinski definition) is 6. The Morgan fingerprint density at radius 1 is 0.256 bits per heavy atom. The molecule has 6 heteroatoms. The van der Waals surface area contributed by atoms with Crippen LogP contribution in [0.5, 0.6) is 0 Å². The first-order valence-electron chi connectivity index (χ1n) is 34.9. The average Bonchev–Trinajstić information content (AvgIpc) is 3.47. The van der Waals surface area contributed by atoms with Crippen LogP contribution in [0.25, 0.3) is 0 Å². The van der Waals surface area contributed by atoms with Crippen molar-refractivity contribution in [1.82, 2.24) is 0 Å². The lowest BCUT2D eigenvalue weighted by molar-refractivity contribution is -0.167. The van der Waals surface area contributed by atoms with Crippen LogP contribution in [-0.4, -0.2) is 37.2 Å². The van der Waals surface area contributed by atoms with Gasteiger partial charge in [0, 0.05) is 19.3 Å². The minimum absolute atomic E-state index is 0.0886. The maximum Gasteiger partial charge on any atom is 0.306 e. The van der Waals surface area contributed by atoms with Crippen LogP contribution in [-0.2, 0) is 28.6 Å². The summed E-state index contributed by atoms with van der Waals surface area (Å²) in [5.41, 5.74) is 0. The van der Waals surface area contributed by atoms with E-state index < -0.39 is 6.10 Å². The Balaban J connectivity index is 4.36. The van der Waals surface area contributed by atoms with Crippen LogP contribution in [0.4, 0.5) is 0 Å². The Bertz CT molecular complexity index is 1640. The molecule has 0 heterocycles. The van der Waals surface area contributed by atoms with Gasteiger partial charge in [-0.05, 0) is 103 Å². The maximum absolute atomic E-state index is 12.9. The average molecular weight is 1140 g/mol. The van der Waals surface area contributed by atoms with E-state index in [0.717, 1.165) is 122 Å². The van der Waals surface area contributed by atoms with E-state index in [4.69, 9.17) is 14.2 Å². The summed E-state index contributed by atoms with van der Waals surface area (Å²) >= 11 is 0. The zero-order valence-electron chi connectivity index (χ0n) is 54.0. The van der Waals surface area contributed by atoms with Gasteiger partial charge in [-0.1, -0.05) is 323 Å². The molecule has 1 unspecified atom stereocenters. The van der Waals surface area contributed by atoms with Crippen molar-refractivity contribution >= 4 is 17.9 Å². The summed E-state index contributed by atoms with van der Waals surface area (Å²) < 4.78 is 17.0. The molecule has 6 nitrogen and oxygen atoms in total. The van der Waals surface area contributed by atoms with Gasteiger partial charge in [0.15, 0.2) is 6.10 Å². The molecule has 0 bridgehead atoms. The van der Waals surface area contributed by atoms with E-state index in [-0.39, 0.29) is 37.5 Å². The summed E-state index contributed by atoms with van der Waals surface area (Å²) in [5.74, 6) is -0.906. The monoisotopic (exact) mass is 1140 g/mol. The Labute approximate surface area is 508 Å². The zero-order chi connectivity index (χ0) is 59.2.